The Morgan fingerprint density at radius 1 is 1.29 bits per heavy atom. The van der Waals surface area contributed by atoms with Crippen molar-refractivity contribution in [3.63, 3.8) is 0 Å². The zero-order chi connectivity index (χ0) is 15.1. The summed E-state index contributed by atoms with van der Waals surface area (Å²) >= 11 is 0. The largest absolute Gasteiger partial charge is 0.497 e. The summed E-state index contributed by atoms with van der Waals surface area (Å²) in [6.07, 6.45) is 4.09. The molecule has 1 aromatic carbocycles. The Kier molecular flexibility index (Phi) is 5.87. The number of nitrogens with zero attached hydrogens (tertiary/aromatic N) is 1. The summed E-state index contributed by atoms with van der Waals surface area (Å²) in [4.78, 5) is 14.0. The number of carbonyl (C=O) groups is 1. The molecule has 0 spiro atoms. The highest BCUT2D eigenvalue weighted by Gasteiger charge is 2.17. The third-order valence-corrected chi connectivity index (χ3v) is 3.74. The average molecular weight is 292 g/mol. The smallest absolute Gasteiger partial charge is 0.260 e. The molecule has 1 fully saturated rings. The number of carbonyl (C=O) groups excluding carboxylic acids is 1. The van der Waals surface area contributed by atoms with Crippen LogP contribution in [0.25, 0.3) is 0 Å². The summed E-state index contributed by atoms with van der Waals surface area (Å²) in [5, 5.41) is 0. The fourth-order valence-corrected chi connectivity index (χ4v) is 2.55. The molecular weight excluding hydrogens is 268 g/mol. The minimum atomic E-state index is 0.0595. The van der Waals surface area contributed by atoms with Crippen LogP contribution in [-0.2, 0) is 11.2 Å². The molecule has 5 heteroatoms. The topological polar surface area (TPSA) is 64.8 Å². The van der Waals surface area contributed by atoms with Crippen LogP contribution < -0.4 is 15.2 Å². The van der Waals surface area contributed by atoms with Gasteiger partial charge in [0.25, 0.3) is 5.91 Å². The molecule has 2 rings (SSSR count). The molecule has 1 amide bonds. The van der Waals surface area contributed by atoms with Crippen LogP contribution in [0.5, 0.6) is 11.5 Å². The first kappa shape index (κ1) is 15.6. The van der Waals surface area contributed by atoms with Gasteiger partial charge in [0.15, 0.2) is 6.61 Å². The fraction of sp³-hybridized carbons (Fsp3) is 0.562. The number of hydrogen-bond acceptors (Lipinski definition) is 4. The van der Waals surface area contributed by atoms with Gasteiger partial charge in [0.05, 0.1) is 7.11 Å². The molecule has 0 saturated carbocycles. The summed E-state index contributed by atoms with van der Waals surface area (Å²) < 4.78 is 10.9. The Hall–Kier alpha value is -1.75. The highest BCUT2D eigenvalue weighted by Crippen LogP contribution is 2.24. The number of benzene rings is 1. The zero-order valence-corrected chi connectivity index (χ0v) is 12.6. The van der Waals surface area contributed by atoms with Gasteiger partial charge in [-0.3, -0.25) is 4.79 Å². The Labute approximate surface area is 126 Å². The zero-order valence-electron chi connectivity index (χ0n) is 12.6. The summed E-state index contributed by atoms with van der Waals surface area (Å²) in [5.41, 5.74) is 6.60. The van der Waals surface area contributed by atoms with E-state index in [1.807, 2.05) is 23.1 Å². The van der Waals surface area contributed by atoms with Crippen molar-refractivity contribution in [2.24, 2.45) is 5.73 Å². The highest BCUT2D eigenvalue weighted by molar-refractivity contribution is 5.77. The number of nitrogens with two attached hydrogens (primary N) is 1. The fourth-order valence-electron chi connectivity index (χ4n) is 2.55. The maximum Gasteiger partial charge on any atom is 0.260 e. The molecule has 1 aliphatic rings. The number of piperidine rings is 1. The van der Waals surface area contributed by atoms with Gasteiger partial charge in [0.2, 0.25) is 0 Å². The number of hydrogen-bond donors (Lipinski definition) is 1. The number of amides is 1. The van der Waals surface area contributed by atoms with Gasteiger partial charge in [0, 0.05) is 13.1 Å². The standard InChI is InChI=1S/C16H24N2O3/c1-20-14-5-6-15(13(11-14)7-8-17)21-12-16(19)18-9-3-2-4-10-18/h5-6,11H,2-4,7-10,12,17H2,1H3. The van der Waals surface area contributed by atoms with Crippen LogP contribution in [0.4, 0.5) is 0 Å². The summed E-state index contributed by atoms with van der Waals surface area (Å²) in [5.74, 6) is 1.55. The van der Waals surface area contributed by atoms with Gasteiger partial charge in [-0.05, 0) is 56.0 Å². The molecule has 1 saturated heterocycles. The lowest BCUT2D eigenvalue weighted by Gasteiger charge is -2.26. The Balaban J connectivity index is 1.96. The van der Waals surface area contributed by atoms with Crippen molar-refractivity contribution in [3.8, 4) is 11.5 Å². The number of ether oxygens (including phenoxy) is 2. The molecule has 0 aliphatic carbocycles. The first-order chi connectivity index (χ1) is 10.2. The van der Waals surface area contributed by atoms with Crippen LogP contribution in [0.3, 0.4) is 0 Å². The predicted molar refractivity (Wildman–Crippen MR) is 81.7 cm³/mol. The average Bonchev–Trinajstić information content (AvgIpc) is 2.54. The van der Waals surface area contributed by atoms with Gasteiger partial charge in [0.1, 0.15) is 11.5 Å². The van der Waals surface area contributed by atoms with E-state index in [0.29, 0.717) is 18.7 Å². The van der Waals surface area contributed by atoms with Crippen LogP contribution >= 0.6 is 0 Å². The number of methoxy groups -OCH3 is 1. The molecule has 0 radical (unpaired) electrons. The lowest BCUT2D eigenvalue weighted by atomic mass is 10.1. The second-order valence-corrected chi connectivity index (χ2v) is 5.24. The molecule has 2 N–H and O–H groups in total. The second-order valence-electron chi connectivity index (χ2n) is 5.24. The van der Waals surface area contributed by atoms with E-state index < -0.39 is 0 Å². The third-order valence-electron chi connectivity index (χ3n) is 3.74. The minimum absolute atomic E-state index is 0.0595. The van der Waals surface area contributed by atoms with E-state index in [0.717, 1.165) is 37.2 Å². The maximum atomic E-state index is 12.1. The third kappa shape index (κ3) is 4.36. The quantitative estimate of drug-likeness (QED) is 0.864. The molecule has 0 unspecified atom stereocenters. The van der Waals surface area contributed by atoms with Gasteiger partial charge in [-0.25, -0.2) is 0 Å². The molecule has 1 aromatic rings. The van der Waals surface area contributed by atoms with Crippen LogP contribution in [0.2, 0.25) is 0 Å². The normalized spacial score (nSPS) is 14.9. The van der Waals surface area contributed by atoms with Crippen LogP contribution in [0.1, 0.15) is 24.8 Å². The van der Waals surface area contributed by atoms with Crippen molar-refractivity contribution >= 4 is 5.91 Å². The summed E-state index contributed by atoms with van der Waals surface area (Å²) in [7, 11) is 1.63. The van der Waals surface area contributed by atoms with E-state index in [1.165, 1.54) is 6.42 Å². The predicted octanol–water partition coefficient (Wildman–Crippen LogP) is 1.59. The highest BCUT2D eigenvalue weighted by atomic mass is 16.5. The van der Waals surface area contributed by atoms with Gasteiger partial charge < -0.3 is 20.1 Å². The molecule has 21 heavy (non-hydrogen) atoms. The second kappa shape index (κ2) is 7.88. The van der Waals surface area contributed by atoms with Crippen LogP contribution in [0.15, 0.2) is 18.2 Å². The molecule has 0 atom stereocenters. The Bertz CT molecular complexity index is 471. The van der Waals surface area contributed by atoms with Gasteiger partial charge in [-0.1, -0.05) is 0 Å². The number of rotatable bonds is 6. The van der Waals surface area contributed by atoms with E-state index in [2.05, 4.69) is 0 Å². The lowest BCUT2D eigenvalue weighted by Crippen LogP contribution is -2.38. The van der Waals surface area contributed by atoms with Gasteiger partial charge in [-0.2, -0.15) is 0 Å². The first-order valence-electron chi connectivity index (χ1n) is 7.52. The molecular formula is C16H24N2O3. The lowest BCUT2D eigenvalue weighted by molar-refractivity contribution is -0.134. The molecule has 0 aromatic heterocycles. The van der Waals surface area contributed by atoms with E-state index in [9.17, 15) is 4.79 Å². The molecule has 1 heterocycles. The van der Waals surface area contributed by atoms with Gasteiger partial charge >= 0.3 is 0 Å². The van der Waals surface area contributed by atoms with Crippen LogP contribution in [0, 0.1) is 0 Å². The van der Waals surface area contributed by atoms with E-state index in [4.69, 9.17) is 15.2 Å². The van der Waals surface area contributed by atoms with Gasteiger partial charge in [-0.15, -0.1) is 0 Å². The summed E-state index contributed by atoms with van der Waals surface area (Å²) in [6.45, 7) is 2.31. The van der Waals surface area contributed by atoms with Crippen molar-refractivity contribution in [1.29, 1.82) is 0 Å². The first-order valence-corrected chi connectivity index (χ1v) is 7.52. The molecule has 0 bridgehead atoms. The Morgan fingerprint density at radius 3 is 2.71 bits per heavy atom. The molecule has 116 valence electrons. The van der Waals surface area contributed by atoms with E-state index >= 15 is 0 Å². The van der Waals surface area contributed by atoms with Crippen molar-refractivity contribution in [3.05, 3.63) is 23.8 Å². The maximum absolute atomic E-state index is 12.1. The van der Waals surface area contributed by atoms with Crippen molar-refractivity contribution in [1.82, 2.24) is 4.90 Å². The molecule has 1 aliphatic heterocycles. The van der Waals surface area contributed by atoms with Crippen molar-refractivity contribution in [2.75, 3.05) is 33.4 Å². The SMILES string of the molecule is COc1ccc(OCC(=O)N2CCCCC2)c(CCN)c1. The molecule has 5 nitrogen and oxygen atoms in total. The van der Waals surface area contributed by atoms with Crippen LogP contribution in [-0.4, -0.2) is 44.2 Å². The van der Waals surface area contributed by atoms with Crippen molar-refractivity contribution < 1.29 is 14.3 Å². The number of likely N-dealkylation sites (tertiary alicyclic amines) is 1. The van der Waals surface area contributed by atoms with E-state index in [1.54, 1.807) is 7.11 Å². The van der Waals surface area contributed by atoms with E-state index in [-0.39, 0.29) is 12.5 Å². The minimum Gasteiger partial charge on any atom is -0.497 e. The summed E-state index contributed by atoms with van der Waals surface area (Å²) in [6, 6.07) is 5.58. The monoisotopic (exact) mass is 292 g/mol. The van der Waals surface area contributed by atoms with Crippen molar-refractivity contribution in [2.45, 2.75) is 25.7 Å². The Morgan fingerprint density at radius 2 is 2.05 bits per heavy atom.